The van der Waals surface area contributed by atoms with E-state index < -0.39 is 5.54 Å². The Bertz CT molecular complexity index is 523. The van der Waals surface area contributed by atoms with Gasteiger partial charge < -0.3 is 9.64 Å². The van der Waals surface area contributed by atoms with E-state index in [4.69, 9.17) is 4.74 Å². The summed E-state index contributed by atoms with van der Waals surface area (Å²) in [5.74, 6) is -0.269. The molecule has 3 unspecified atom stereocenters. The van der Waals surface area contributed by atoms with E-state index in [0.717, 1.165) is 5.56 Å². The number of rotatable bonds is 5. The molecule has 1 aromatic rings. The highest BCUT2D eigenvalue weighted by atomic mass is 19.1. The van der Waals surface area contributed by atoms with E-state index >= 15 is 0 Å². The van der Waals surface area contributed by atoms with Crippen molar-refractivity contribution in [1.29, 1.82) is 0 Å². The minimum Gasteiger partial charge on any atom is -0.383 e. The molecule has 1 aliphatic rings. The lowest BCUT2D eigenvalue weighted by Crippen LogP contribution is -2.45. The second kappa shape index (κ2) is 6.12. The molecule has 1 N–H and O–H groups in total. The van der Waals surface area contributed by atoms with Crippen LogP contribution in [0.3, 0.4) is 0 Å². The molecule has 116 valence electrons. The van der Waals surface area contributed by atoms with E-state index in [2.05, 4.69) is 5.32 Å². The van der Waals surface area contributed by atoms with Crippen LogP contribution in [0.2, 0.25) is 0 Å². The highest BCUT2D eigenvalue weighted by molar-refractivity contribution is 5.88. The molecule has 1 aliphatic heterocycles. The van der Waals surface area contributed by atoms with Gasteiger partial charge in [0.05, 0.1) is 18.2 Å². The molecule has 0 aliphatic carbocycles. The van der Waals surface area contributed by atoms with E-state index in [1.165, 1.54) is 12.1 Å². The number of ether oxygens (including phenoxy) is 1. The average Bonchev–Trinajstić information content (AvgIpc) is 2.72. The number of hydrogen-bond acceptors (Lipinski definition) is 3. The van der Waals surface area contributed by atoms with Gasteiger partial charge in [-0.2, -0.15) is 0 Å². The van der Waals surface area contributed by atoms with Crippen LogP contribution in [0.1, 0.15) is 38.9 Å². The molecule has 1 fully saturated rings. The summed E-state index contributed by atoms with van der Waals surface area (Å²) >= 11 is 0. The van der Waals surface area contributed by atoms with Gasteiger partial charge in [-0.25, -0.2) is 4.39 Å². The lowest BCUT2D eigenvalue weighted by molar-refractivity contribution is -0.135. The Balaban J connectivity index is 2.39. The molecular weight excluding hydrogens is 271 g/mol. The van der Waals surface area contributed by atoms with Crippen molar-refractivity contribution in [3.63, 3.8) is 0 Å². The molecule has 0 aromatic heterocycles. The summed E-state index contributed by atoms with van der Waals surface area (Å²) in [6, 6.07) is 6.29. The topological polar surface area (TPSA) is 41.6 Å². The van der Waals surface area contributed by atoms with Crippen LogP contribution in [-0.2, 0) is 9.53 Å². The Morgan fingerprint density at radius 3 is 2.81 bits per heavy atom. The summed E-state index contributed by atoms with van der Waals surface area (Å²) in [7, 11) is 1.61. The van der Waals surface area contributed by atoms with E-state index in [9.17, 15) is 9.18 Å². The van der Waals surface area contributed by atoms with Crippen LogP contribution in [0.5, 0.6) is 0 Å². The van der Waals surface area contributed by atoms with Crippen molar-refractivity contribution in [2.75, 3.05) is 13.7 Å². The summed E-state index contributed by atoms with van der Waals surface area (Å²) in [6.45, 7) is 6.25. The molecule has 1 amide bonds. The maximum Gasteiger partial charge on any atom is 0.244 e. The molecule has 0 bridgehead atoms. The first-order valence-corrected chi connectivity index (χ1v) is 7.28. The minimum atomic E-state index is -0.626. The summed E-state index contributed by atoms with van der Waals surface area (Å²) < 4.78 is 18.7. The Morgan fingerprint density at radius 1 is 1.52 bits per heavy atom. The SMILES string of the molecule is CCC1(C)NC(c2cccc(F)c2)N(C(C)COC)C1=O. The van der Waals surface area contributed by atoms with Crippen molar-refractivity contribution in [3.05, 3.63) is 35.6 Å². The lowest BCUT2D eigenvalue weighted by Gasteiger charge is -2.30. The largest absolute Gasteiger partial charge is 0.383 e. The first-order valence-electron chi connectivity index (χ1n) is 7.28. The Labute approximate surface area is 125 Å². The summed E-state index contributed by atoms with van der Waals surface area (Å²) in [6.07, 6.45) is 0.344. The molecule has 21 heavy (non-hydrogen) atoms. The third kappa shape index (κ3) is 2.94. The summed E-state index contributed by atoms with van der Waals surface area (Å²) in [4.78, 5) is 14.5. The Kier molecular flexibility index (Phi) is 4.64. The molecule has 1 aromatic carbocycles. The maximum atomic E-state index is 13.5. The second-order valence-corrected chi connectivity index (χ2v) is 5.80. The van der Waals surface area contributed by atoms with Crippen LogP contribution in [0, 0.1) is 5.82 Å². The Hall–Kier alpha value is -1.46. The molecule has 3 atom stereocenters. The van der Waals surface area contributed by atoms with Gasteiger partial charge in [0, 0.05) is 7.11 Å². The molecule has 0 spiro atoms. The number of hydrogen-bond donors (Lipinski definition) is 1. The number of nitrogens with zero attached hydrogens (tertiary/aromatic N) is 1. The van der Waals surface area contributed by atoms with Crippen LogP contribution in [0.25, 0.3) is 0 Å². The molecule has 1 heterocycles. The maximum absolute atomic E-state index is 13.5. The number of benzene rings is 1. The molecule has 1 saturated heterocycles. The van der Waals surface area contributed by atoms with Gasteiger partial charge in [0.2, 0.25) is 5.91 Å². The predicted octanol–water partition coefficient (Wildman–Crippen LogP) is 2.46. The fraction of sp³-hybridized carbons (Fsp3) is 0.562. The number of carbonyl (C=O) groups is 1. The normalized spacial score (nSPS) is 27.2. The van der Waals surface area contributed by atoms with Crippen LogP contribution < -0.4 is 5.32 Å². The highest BCUT2D eigenvalue weighted by Gasteiger charge is 2.48. The van der Waals surface area contributed by atoms with Gasteiger partial charge in [-0.15, -0.1) is 0 Å². The molecule has 2 rings (SSSR count). The molecular formula is C16H23FN2O2. The smallest absolute Gasteiger partial charge is 0.244 e. The third-order valence-corrected chi connectivity index (χ3v) is 4.19. The van der Waals surface area contributed by atoms with Gasteiger partial charge in [0.25, 0.3) is 0 Å². The standard InChI is InChI=1S/C16H23FN2O2/c1-5-16(3)15(20)19(11(2)10-21-4)14(18-16)12-7-6-8-13(17)9-12/h6-9,11,14,18H,5,10H2,1-4H3. The Morgan fingerprint density at radius 2 is 2.24 bits per heavy atom. The van der Waals surface area contributed by atoms with Crippen LogP contribution in [0.4, 0.5) is 4.39 Å². The van der Waals surface area contributed by atoms with Gasteiger partial charge in [-0.3, -0.25) is 10.1 Å². The van der Waals surface area contributed by atoms with Gasteiger partial charge in [-0.1, -0.05) is 19.1 Å². The van der Waals surface area contributed by atoms with Crippen molar-refractivity contribution in [2.45, 2.75) is 44.9 Å². The van der Waals surface area contributed by atoms with Crippen LogP contribution in [-0.4, -0.2) is 36.1 Å². The van der Waals surface area contributed by atoms with Gasteiger partial charge in [0.1, 0.15) is 12.0 Å². The van der Waals surface area contributed by atoms with Gasteiger partial charge in [0.15, 0.2) is 0 Å². The summed E-state index contributed by atoms with van der Waals surface area (Å²) in [5.41, 5.74) is 0.127. The second-order valence-electron chi connectivity index (χ2n) is 5.80. The highest BCUT2D eigenvalue weighted by Crippen LogP contribution is 2.34. The third-order valence-electron chi connectivity index (χ3n) is 4.19. The number of halogens is 1. The minimum absolute atomic E-state index is 0.0313. The zero-order chi connectivity index (χ0) is 15.6. The number of nitrogens with one attached hydrogen (secondary N) is 1. The molecule has 4 nitrogen and oxygen atoms in total. The first kappa shape index (κ1) is 15.9. The van der Waals surface area contributed by atoms with Gasteiger partial charge >= 0.3 is 0 Å². The number of carbonyl (C=O) groups excluding carboxylic acids is 1. The zero-order valence-corrected chi connectivity index (χ0v) is 13.0. The fourth-order valence-corrected chi connectivity index (χ4v) is 2.79. The summed E-state index contributed by atoms with van der Waals surface area (Å²) in [5, 5.41) is 3.35. The van der Waals surface area contributed by atoms with Crippen molar-refractivity contribution in [3.8, 4) is 0 Å². The number of methoxy groups -OCH3 is 1. The van der Waals surface area contributed by atoms with Crippen molar-refractivity contribution < 1.29 is 13.9 Å². The van der Waals surface area contributed by atoms with E-state index in [1.807, 2.05) is 26.8 Å². The lowest BCUT2D eigenvalue weighted by atomic mass is 9.99. The number of amides is 1. The van der Waals surface area contributed by atoms with E-state index in [-0.39, 0.29) is 23.9 Å². The van der Waals surface area contributed by atoms with E-state index in [1.54, 1.807) is 18.1 Å². The van der Waals surface area contributed by atoms with Crippen molar-refractivity contribution >= 4 is 5.91 Å². The zero-order valence-electron chi connectivity index (χ0n) is 13.0. The fourth-order valence-electron chi connectivity index (χ4n) is 2.79. The molecule has 0 radical (unpaired) electrons. The molecule has 5 heteroatoms. The average molecular weight is 294 g/mol. The van der Waals surface area contributed by atoms with Crippen molar-refractivity contribution in [2.24, 2.45) is 0 Å². The predicted molar refractivity (Wildman–Crippen MR) is 79.2 cm³/mol. The van der Waals surface area contributed by atoms with E-state index in [0.29, 0.717) is 13.0 Å². The van der Waals surface area contributed by atoms with Gasteiger partial charge in [-0.05, 0) is 38.0 Å². The quantitative estimate of drug-likeness (QED) is 0.907. The monoisotopic (exact) mass is 294 g/mol. The first-order chi connectivity index (χ1) is 9.92. The van der Waals surface area contributed by atoms with Crippen LogP contribution >= 0.6 is 0 Å². The van der Waals surface area contributed by atoms with Crippen molar-refractivity contribution in [1.82, 2.24) is 10.2 Å². The van der Waals surface area contributed by atoms with Crippen LogP contribution in [0.15, 0.2) is 24.3 Å². The molecule has 0 saturated carbocycles.